The van der Waals surface area contributed by atoms with Crippen LogP contribution in [0.5, 0.6) is 5.75 Å². The highest BCUT2D eigenvalue weighted by Gasteiger charge is 2.20. The molecular weight excluding hydrogens is 406 g/mol. The molecule has 0 bridgehead atoms. The van der Waals surface area contributed by atoms with Gasteiger partial charge >= 0.3 is 0 Å². The molecule has 0 aliphatic rings. The molecule has 0 spiro atoms. The minimum Gasteiger partial charge on any atom is -0.495 e. The number of rotatable bonds is 7. The summed E-state index contributed by atoms with van der Waals surface area (Å²) >= 11 is 0. The number of hydrogen-bond acceptors (Lipinski definition) is 6. The third-order valence-corrected chi connectivity index (χ3v) is 5.52. The summed E-state index contributed by atoms with van der Waals surface area (Å²) in [7, 11) is -2.48. The first-order valence-corrected chi connectivity index (χ1v) is 10.5. The summed E-state index contributed by atoms with van der Waals surface area (Å²) < 4.78 is 38.8. The molecule has 1 heterocycles. The number of ether oxygens (including phenoxy) is 1. The topological polar surface area (TPSA) is 111 Å². The summed E-state index contributed by atoms with van der Waals surface area (Å²) in [6, 6.07) is 13.3. The molecule has 3 aromatic rings. The van der Waals surface area contributed by atoms with Crippen LogP contribution in [0, 0.1) is 6.92 Å². The molecule has 2 aromatic carbocycles. The van der Waals surface area contributed by atoms with Crippen molar-refractivity contribution in [2.24, 2.45) is 0 Å². The van der Waals surface area contributed by atoms with Crippen LogP contribution in [0.15, 0.2) is 57.9 Å². The Labute approximate surface area is 174 Å². The van der Waals surface area contributed by atoms with Crippen molar-refractivity contribution in [3.05, 3.63) is 65.5 Å². The molecular formula is C21H21N3O5S. The Morgan fingerprint density at radius 1 is 1.13 bits per heavy atom. The zero-order valence-electron chi connectivity index (χ0n) is 16.7. The minimum absolute atomic E-state index is 0.00756. The van der Waals surface area contributed by atoms with Gasteiger partial charge in [0.1, 0.15) is 22.0 Å². The van der Waals surface area contributed by atoms with E-state index in [1.165, 1.54) is 20.1 Å². The smallest absolute Gasteiger partial charge is 0.265 e. The average Bonchev–Trinajstić information content (AvgIpc) is 3.05. The Morgan fingerprint density at radius 3 is 2.53 bits per heavy atom. The molecule has 0 saturated heterocycles. The van der Waals surface area contributed by atoms with Gasteiger partial charge in [-0.1, -0.05) is 35.5 Å². The first-order chi connectivity index (χ1) is 14.3. The standard InChI is InChI=1S/C21H21N3O5S/c1-14-21(22-15(2)25)19(29-23-14)12-10-16-9-11-18(28-3)20(13-16)30(26,27)24-17-7-5-4-6-8-17/h4-13,24H,1-3H3,(H,22,25). The first kappa shape index (κ1) is 21.1. The molecule has 0 radical (unpaired) electrons. The van der Waals surface area contributed by atoms with Gasteiger partial charge in [-0.05, 0) is 42.8 Å². The normalized spacial score (nSPS) is 11.4. The molecule has 8 nitrogen and oxygen atoms in total. The predicted octanol–water partition coefficient (Wildman–Crippen LogP) is 3.92. The van der Waals surface area contributed by atoms with Crippen molar-refractivity contribution in [3.8, 4) is 5.75 Å². The van der Waals surface area contributed by atoms with E-state index < -0.39 is 10.0 Å². The van der Waals surface area contributed by atoms with Gasteiger partial charge in [0.05, 0.1) is 7.11 Å². The van der Waals surface area contributed by atoms with Crippen LogP contribution < -0.4 is 14.8 Å². The van der Waals surface area contributed by atoms with E-state index in [1.807, 2.05) is 0 Å². The number of amides is 1. The summed E-state index contributed by atoms with van der Waals surface area (Å²) in [5.41, 5.74) is 2.03. The fourth-order valence-electron chi connectivity index (χ4n) is 2.72. The van der Waals surface area contributed by atoms with Gasteiger partial charge in [0, 0.05) is 12.6 Å². The average molecular weight is 427 g/mol. The predicted molar refractivity (Wildman–Crippen MR) is 115 cm³/mol. The molecule has 0 fully saturated rings. The fraction of sp³-hybridized carbons (Fsp3) is 0.143. The molecule has 3 rings (SSSR count). The maximum absolute atomic E-state index is 12.9. The number of para-hydroxylation sites is 1. The molecule has 0 atom stereocenters. The van der Waals surface area contributed by atoms with Gasteiger partial charge in [0.15, 0.2) is 5.76 Å². The van der Waals surface area contributed by atoms with Crippen LogP contribution in [0.4, 0.5) is 11.4 Å². The Kier molecular flexibility index (Phi) is 6.22. The van der Waals surface area contributed by atoms with Crippen LogP contribution in [0.2, 0.25) is 0 Å². The zero-order valence-corrected chi connectivity index (χ0v) is 17.5. The molecule has 30 heavy (non-hydrogen) atoms. The van der Waals surface area contributed by atoms with E-state index >= 15 is 0 Å². The van der Waals surface area contributed by atoms with Gasteiger partial charge in [0.25, 0.3) is 10.0 Å². The number of aromatic nitrogens is 1. The number of benzene rings is 2. The van der Waals surface area contributed by atoms with Crippen LogP contribution in [-0.4, -0.2) is 26.6 Å². The Bertz CT molecular complexity index is 1180. The van der Waals surface area contributed by atoms with Gasteiger partial charge in [-0.25, -0.2) is 8.42 Å². The molecule has 0 aliphatic heterocycles. The van der Waals surface area contributed by atoms with E-state index in [2.05, 4.69) is 15.2 Å². The third-order valence-electron chi connectivity index (χ3n) is 4.12. The van der Waals surface area contributed by atoms with E-state index in [0.29, 0.717) is 28.4 Å². The zero-order chi connectivity index (χ0) is 21.7. The van der Waals surface area contributed by atoms with Gasteiger partial charge in [-0.15, -0.1) is 0 Å². The second-order valence-electron chi connectivity index (χ2n) is 6.40. The lowest BCUT2D eigenvalue weighted by Crippen LogP contribution is -2.14. The molecule has 1 aromatic heterocycles. The van der Waals surface area contributed by atoms with Crippen LogP contribution in [0.3, 0.4) is 0 Å². The lowest BCUT2D eigenvalue weighted by atomic mass is 10.2. The van der Waals surface area contributed by atoms with Crippen LogP contribution in [0.25, 0.3) is 12.2 Å². The summed E-state index contributed by atoms with van der Waals surface area (Å²) in [5, 5.41) is 6.51. The first-order valence-electron chi connectivity index (χ1n) is 8.98. The van der Waals surface area contributed by atoms with E-state index in [0.717, 1.165) is 0 Å². The van der Waals surface area contributed by atoms with Crippen molar-refractivity contribution in [1.82, 2.24) is 5.16 Å². The molecule has 156 valence electrons. The van der Waals surface area contributed by atoms with Crippen LogP contribution >= 0.6 is 0 Å². The highest BCUT2D eigenvalue weighted by molar-refractivity contribution is 7.92. The Hall–Kier alpha value is -3.59. The number of sulfonamides is 1. The number of anilines is 2. The number of carbonyl (C=O) groups excluding carboxylic acids is 1. The summed E-state index contributed by atoms with van der Waals surface area (Å²) in [4.78, 5) is 11.4. The van der Waals surface area contributed by atoms with E-state index in [-0.39, 0.29) is 16.6 Å². The third kappa shape index (κ3) is 4.87. The lowest BCUT2D eigenvalue weighted by Gasteiger charge is -2.12. The van der Waals surface area contributed by atoms with Crippen molar-refractivity contribution >= 4 is 39.5 Å². The van der Waals surface area contributed by atoms with Crippen molar-refractivity contribution < 1.29 is 22.5 Å². The Balaban J connectivity index is 1.93. The van der Waals surface area contributed by atoms with Gasteiger partial charge in [-0.3, -0.25) is 9.52 Å². The monoisotopic (exact) mass is 427 g/mol. The number of carbonyl (C=O) groups is 1. The number of methoxy groups -OCH3 is 1. The quantitative estimate of drug-likeness (QED) is 0.591. The largest absolute Gasteiger partial charge is 0.495 e. The maximum Gasteiger partial charge on any atom is 0.265 e. The number of nitrogens with zero attached hydrogens (tertiary/aromatic N) is 1. The second-order valence-corrected chi connectivity index (χ2v) is 8.05. The van der Waals surface area contributed by atoms with Crippen molar-refractivity contribution in [2.75, 3.05) is 17.1 Å². The molecule has 2 N–H and O–H groups in total. The van der Waals surface area contributed by atoms with E-state index in [9.17, 15) is 13.2 Å². The fourth-order valence-corrected chi connectivity index (χ4v) is 3.99. The number of hydrogen-bond donors (Lipinski definition) is 2. The SMILES string of the molecule is COc1ccc(C=Cc2onc(C)c2NC(C)=O)cc1S(=O)(=O)Nc1ccccc1. The van der Waals surface area contributed by atoms with Crippen molar-refractivity contribution in [3.63, 3.8) is 0 Å². The molecule has 0 unspecified atom stereocenters. The Morgan fingerprint density at radius 2 is 1.87 bits per heavy atom. The highest BCUT2D eigenvalue weighted by Crippen LogP contribution is 2.28. The van der Waals surface area contributed by atoms with E-state index in [4.69, 9.17) is 9.26 Å². The van der Waals surface area contributed by atoms with E-state index in [1.54, 1.807) is 61.5 Å². The van der Waals surface area contributed by atoms with Crippen molar-refractivity contribution in [2.45, 2.75) is 18.7 Å². The minimum atomic E-state index is -3.88. The van der Waals surface area contributed by atoms with Gasteiger partial charge < -0.3 is 14.6 Å². The van der Waals surface area contributed by atoms with Crippen molar-refractivity contribution in [1.29, 1.82) is 0 Å². The lowest BCUT2D eigenvalue weighted by molar-refractivity contribution is -0.114. The number of aryl methyl sites for hydroxylation is 1. The second kappa shape index (κ2) is 8.83. The van der Waals surface area contributed by atoms with Gasteiger partial charge in [-0.2, -0.15) is 0 Å². The maximum atomic E-state index is 12.9. The molecule has 9 heteroatoms. The number of nitrogens with one attached hydrogen (secondary N) is 2. The molecule has 1 amide bonds. The summed E-state index contributed by atoms with van der Waals surface area (Å²) in [6.07, 6.45) is 3.26. The van der Waals surface area contributed by atoms with Crippen LogP contribution in [0.1, 0.15) is 23.9 Å². The molecule has 0 saturated carbocycles. The molecule has 0 aliphatic carbocycles. The summed E-state index contributed by atoms with van der Waals surface area (Å²) in [6.45, 7) is 3.10. The van der Waals surface area contributed by atoms with Gasteiger partial charge in [0.2, 0.25) is 5.91 Å². The highest BCUT2D eigenvalue weighted by atomic mass is 32.2. The van der Waals surface area contributed by atoms with Crippen LogP contribution in [-0.2, 0) is 14.8 Å². The summed E-state index contributed by atoms with van der Waals surface area (Å²) in [5.74, 6) is 0.316.